The normalized spacial score (nSPS) is 30.2. The van der Waals surface area contributed by atoms with Gasteiger partial charge in [0, 0.05) is 25.0 Å². The molecule has 2 amide bonds. The van der Waals surface area contributed by atoms with Gasteiger partial charge in [-0.15, -0.1) is 0 Å². The molecule has 4 fully saturated rings. The first kappa shape index (κ1) is 17.4. The van der Waals surface area contributed by atoms with Crippen LogP contribution in [0.4, 0.5) is 0 Å². The largest absolute Gasteiger partial charge is 0.273 e. The standard InChI is InChI=1S/C21H25N5O2/c27-19(12-21-9-14-6-15(10-21)8-16(7-14)11-21)24-25-20(28)17-2-3-18(22-13-17)26-5-1-4-23-26/h1-5,13-16H,6-12H2,(H,24,27)(H,25,28). The summed E-state index contributed by atoms with van der Waals surface area (Å²) in [6.45, 7) is 0. The van der Waals surface area contributed by atoms with Crippen molar-refractivity contribution in [1.82, 2.24) is 25.6 Å². The van der Waals surface area contributed by atoms with E-state index in [0.717, 1.165) is 17.8 Å². The van der Waals surface area contributed by atoms with Gasteiger partial charge in [-0.3, -0.25) is 20.4 Å². The lowest BCUT2D eigenvalue weighted by molar-refractivity contribution is -0.130. The van der Waals surface area contributed by atoms with Crippen molar-refractivity contribution in [2.75, 3.05) is 0 Å². The maximum atomic E-state index is 12.5. The van der Waals surface area contributed by atoms with Crippen molar-refractivity contribution in [1.29, 1.82) is 0 Å². The minimum Gasteiger partial charge on any atom is -0.273 e. The van der Waals surface area contributed by atoms with Crippen molar-refractivity contribution in [3.05, 3.63) is 42.4 Å². The molecule has 0 saturated heterocycles. The van der Waals surface area contributed by atoms with Crippen molar-refractivity contribution < 1.29 is 9.59 Å². The third-order valence-electron chi connectivity index (χ3n) is 6.77. The molecule has 28 heavy (non-hydrogen) atoms. The Balaban J connectivity index is 1.16. The number of nitrogens with zero attached hydrogens (tertiary/aromatic N) is 3. The average Bonchev–Trinajstić information content (AvgIpc) is 3.19. The second-order valence-corrected chi connectivity index (χ2v) is 8.95. The van der Waals surface area contributed by atoms with Crippen LogP contribution in [0.2, 0.25) is 0 Å². The third kappa shape index (κ3) is 3.30. The number of rotatable bonds is 4. The number of pyridine rings is 1. The van der Waals surface area contributed by atoms with E-state index in [9.17, 15) is 9.59 Å². The molecular weight excluding hydrogens is 354 g/mol. The summed E-state index contributed by atoms with van der Waals surface area (Å²) in [7, 11) is 0. The Morgan fingerprint density at radius 1 is 1.07 bits per heavy atom. The van der Waals surface area contributed by atoms with Crippen LogP contribution in [0, 0.1) is 23.2 Å². The van der Waals surface area contributed by atoms with E-state index < -0.39 is 0 Å². The highest BCUT2D eigenvalue weighted by Gasteiger charge is 2.51. The Morgan fingerprint density at radius 2 is 1.79 bits per heavy atom. The van der Waals surface area contributed by atoms with Gasteiger partial charge in [-0.1, -0.05) is 0 Å². The van der Waals surface area contributed by atoms with Gasteiger partial charge in [0.2, 0.25) is 5.91 Å². The summed E-state index contributed by atoms with van der Waals surface area (Å²) >= 11 is 0. The lowest BCUT2D eigenvalue weighted by atomic mass is 9.49. The molecule has 4 saturated carbocycles. The molecule has 4 aliphatic rings. The summed E-state index contributed by atoms with van der Waals surface area (Å²) in [5, 5.41) is 4.11. The van der Waals surface area contributed by atoms with Crippen LogP contribution in [0.5, 0.6) is 0 Å². The van der Waals surface area contributed by atoms with Gasteiger partial charge in [-0.2, -0.15) is 5.10 Å². The summed E-state index contributed by atoms with van der Waals surface area (Å²) < 4.78 is 1.62. The maximum Gasteiger partial charge on any atom is 0.271 e. The number of hydrazine groups is 1. The van der Waals surface area contributed by atoms with Crippen LogP contribution in [0.1, 0.15) is 55.3 Å². The van der Waals surface area contributed by atoms with Gasteiger partial charge in [-0.05, 0) is 79.9 Å². The summed E-state index contributed by atoms with van der Waals surface area (Å²) in [6, 6.07) is 5.20. The Morgan fingerprint density at radius 3 is 2.36 bits per heavy atom. The minimum atomic E-state index is -0.363. The monoisotopic (exact) mass is 379 g/mol. The molecule has 0 spiro atoms. The molecule has 0 atom stereocenters. The first-order chi connectivity index (χ1) is 13.6. The molecule has 2 heterocycles. The van der Waals surface area contributed by atoms with Gasteiger partial charge in [0.15, 0.2) is 5.82 Å². The Hall–Kier alpha value is -2.70. The number of nitrogens with one attached hydrogen (secondary N) is 2. The zero-order valence-electron chi connectivity index (χ0n) is 15.8. The van der Waals surface area contributed by atoms with E-state index in [2.05, 4.69) is 20.9 Å². The van der Waals surface area contributed by atoms with E-state index in [-0.39, 0.29) is 17.2 Å². The van der Waals surface area contributed by atoms with E-state index >= 15 is 0 Å². The second kappa shape index (κ2) is 6.72. The number of amides is 2. The lowest BCUT2D eigenvalue weighted by Crippen LogP contribution is -2.50. The molecule has 2 N–H and O–H groups in total. The van der Waals surface area contributed by atoms with Crippen LogP contribution in [-0.2, 0) is 4.79 Å². The number of carbonyl (C=O) groups is 2. The fraction of sp³-hybridized carbons (Fsp3) is 0.524. The van der Waals surface area contributed by atoms with E-state index in [4.69, 9.17) is 0 Å². The summed E-state index contributed by atoms with van der Waals surface area (Å²) in [5.74, 6) is 2.62. The molecule has 7 nitrogen and oxygen atoms in total. The van der Waals surface area contributed by atoms with E-state index in [1.165, 1.54) is 44.7 Å². The molecule has 2 aromatic rings. The van der Waals surface area contributed by atoms with Crippen LogP contribution in [0.3, 0.4) is 0 Å². The summed E-state index contributed by atoms with van der Waals surface area (Å²) in [6.07, 6.45) is 13.1. The molecule has 4 aliphatic carbocycles. The van der Waals surface area contributed by atoms with Gasteiger partial charge in [0.05, 0.1) is 5.56 Å². The first-order valence-corrected chi connectivity index (χ1v) is 10.1. The second-order valence-electron chi connectivity index (χ2n) is 8.95. The number of aromatic nitrogens is 3. The molecule has 0 aromatic carbocycles. The first-order valence-electron chi connectivity index (χ1n) is 10.1. The zero-order valence-corrected chi connectivity index (χ0v) is 15.8. The van der Waals surface area contributed by atoms with Crippen molar-refractivity contribution in [3.8, 4) is 5.82 Å². The van der Waals surface area contributed by atoms with Crippen LogP contribution in [0.25, 0.3) is 5.82 Å². The Kier molecular flexibility index (Phi) is 4.18. The molecule has 0 radical (unpaired) electrons. The minimum absolute atomic E-state index is 0.0866. The smallest absolute Gasteiger partial charge is 0.271 e. The third-order valence-corrected chi connectivity index (χ3v) is 6.77. The molecule has 2 aromatic heterocycles. The zero-order chi connectivity index (χ0) is 19.1. The lowest BCUT2D eigenvalue weighted by Gasteiger charge is -2.56. The van der Waals surface area contributed by atoms with E-state index in [1.807, 2.05) is 6.07 Å². The van der Waals surface area contributed by atoms with Crippen LogP contribution in [0.15, 0.2) is 36.8 Å². The van der Waals surface area contributed by atoms with E-state index in [1.54, 1.807) is 29.2 Å². The topological polar surface area (TPSA) is 88.9 Å². The maximum absolute atomic E-state index is 12.5. The van der Waals surface area contributed by atoms with Crippen LogP contribution < -0.4 is 10.9 Å². The predicted octanol–water partition coefficient (Wildman–Crippen LogP) is 2.63. The molecular formula is C21H25N5O2. The molecule has 6 rings (SSSR count). The molecule has 7 heteroatoms. The van der Waals surface area contributed by atoms with Crippen molar-refractivity contribution in [2.24, 2.45) is 23.2 Å². The van der Waals surface area contributed by atoms with Gasteiger partial charge in [0.1, 0.15) is 0 Å². The van der Waals surface area contributed by atoms with Gasteiger partial charge >= 0.3 is 0 Å². The highest BCUT2D eigenvalue weighted by molar-refractivity contribution is 5.95. The molecule has 0 aliphatic heterocycles. The van der Waals surface area contributed by atoms with Crippen molar-refractivity contribution in [3.63, 3.8) is 0 Å². The SMILES string of the molecule is O=C(CC12CC3CC(CC(C3)C1)C2)NNC(=O)c1ccc(-n2cccn2)nc1. The molecule has 0 unspecified atom stereocenters. The van der Waals surface area contributed by atoms with Crippen molar-refractivity contribution in [2.45, 2.75) is 44.9 Å². The summed E-state index contributed by atoms with van der Waals surface area (Å²) in [5.41, 5.74) is 5.71. The quantitative estimate of drug-likeness (QED) is 0.799. The highest BCUT2D eigenvalue weighted by atomic mass is 16.2. The average molecular weight is 379 g/mol. The highest BCUT2D eigenvalue weighted by Crippen LogP contribution is 2.61. The van der Waals surface area contributed by atoms with Gasteiger partial charge < -0.3 is 0 Å². The number of hydrogen-bond acceptors (Lipinski definition) is 4. The number of hydrogen-bond donors (Lipinski definition) is 2. The summed E-state index contributed by atoms with van der Waals surface area (Å²) in [4.78, 5) is 29.1. The van der Waals surface area contributed by atoms with Gasteiger partial charge in [-0.25, -0.2) is 9.67 Å². The van der Waals surface area contributed by atoms with Gasteiger partial charge in [0.25, 0.3) is 5.91 Å². The van der Waals surface area contributed by atoms with Crippen LogP contribution in [-0.4, -0.2) is 26.6 Å². The Labute approximate surface area is 163 Å². The molecule has 4 bridgehead atoms. The number of carbonyl (C=O) groups excluding carboxylic acids is 2. The Bertz CT molecular complexity index is 839. The van der Waals surface area contributed by atoms with Crippen molar-refractivity contribution >= 4 is 11.8 Å². The van der Waals surface area contributed by atoms with E-state index in [0.29, 0.717) is 17.8 Å². The van der Waals surface area contributed by atoms with Crippen LogP contribution >= 0.6 is 0 Å². The predicted molar refractivity (Wildman–Crippen MR) is 102 cm³/mol. The fourth-order valence-corrected chi connectivity index (χ4v) is 6.15. The molecule has 146 valence electrons. The fourth-order valence-electron chi connectivity index (χ4n) is 6.15.